The maximum absolute atomic E-state index is 5.91. The smallest absolute Gasteiger partial charge is 0.107 e. The maximum atomic E-state index is 5.91. The second kappa shape index (κ2) is 6.44. The molecule has 5 heteroatoms. The third-order valence-corrected chi connectivity index (χ3v) is 3.96. The highest BCUT2D eigenvalue weighted by atomic mass is 32.1. The fourth-order valence-corrected chi connectivity index (χ4v) is 2.79. The maximum Gasteiger partial charge on any atom is 0.107 e. The molecule has 0 atom stereocenters. The zero-order valence-electron chi connectivity index (χ0n) is 10.6. The number of hydrogen-bond acceptors (Lipinski definition) is 5. The van der Waals surface area contributed by atoms with Gasteiger partial charge in [0.05, 0.1) is 18.4 Å². The summed E-state index contributed by atoms with van der Waals surface area (Å²) in [5.41, 5.74) is 1.07. The Kier molecular flexibility index (Phi) is 4.91. The van der Waals surface area contributed by atoms with Gasteiger partial charge in [0.25, 0.3) is 0 Å². The Balaban J connectivity index is 1.73. The van der Waals surface area contributed by atoms with E-state index < -0.39 is 0 Å². The molecular weight excluding hydrogens is 234 g/mol. The highest BCUT2D eigenvalue weighted by molar-refractivity contribution is 7.09. The van der Waals surface area contributed by atoms with Crippen LogP contribution in [0.5, 0.6) is 0 Å². The molecule has 1 N–H and O–H groups in total. The van der Waals surface area contributed by atoms with E-state index in [1.807, 2.05) is 7.05 Å². The van der Waals surface area contributed by atoms with E-state index in [0.717, 1.165) is 43.2 Å². The lowest BCUT2D eigenvalue weighted by atomic mass is 10.1. The molecule has 0 spiro atoms. The number of aromatic nitrogens is 1. The third-order valence-electron chi connectivity index (χ3n) is 3.06. The van der Waals surface area contributed by atoms with Crippen molar-refractivity contribution in [1.29, 1.82) is 0 Å². The van der Waals surface area contributed by atoms with Crippen LogP contribution in [0.2, 0.25) is 0 Å². The standard InChI is InChI=1S/C12H21N3OS/c1-13-7-12-14-10(9-17-12)8-16-11-3-5-15(2)6-4-11/h9,11,13H,3-8H2,1-2H3. The van der Waals surface area contributed by atoms with Gasteiger partial charge in [-0.25, -0.2) is 4.98 Å². The predicted molar refractivity (Wildman–Crippen MR) is 70.2 cm³/mol. The first-order valence-corrected chi connectivity index (χ1v) is 7.04. The number of nitrogens with zero attached hydrogens (tertiary/aromatic N) is 2. The molecule has 1 fully saturated rings. The zero-order valence-corrected chi connectivity index (χ0v) is 11.4. The number of likely N-dealkylation sites (tertiary alicyclic amines) is 1. The van der Waals surface area contributed by atoms with E-state index in [1.165, 1.54) is 0 Å². The molecule has 0 aromatic carbocycles. The minimum absolute atomic E-state index is 0.417. The summed E-state index contributed by atoms with van der Waals surface area (Å²) < 4.78 is 5.91. The van der Waals surface area contributed by atoms with Gasteiger partial charge in [-0.1, -0.05) is 0 Å². The van der Waals surface area contributed by atoms with Gasteiger partial charge in [0.15, 0.2) is 0 Å². The van der Waals surface area contributed by atoms with Crippen molar-refractivity contribution >= 4 is 11.3 Å². The summed E-state index contributed by atoms with van der Waals surface area (Å²) >= 11 is 1.70. The number of piperidine rings is 1. The molecule has 2 heterocycles. The lowest BCUT2D eigenvalue weighted by Gasteiger charge is -2.28. The lowest BCUT2D eigenvalue weighted by Crippen LogP contribution is -2.34. The van der Waals surface area contributed by atoms with Crippen LogP contribution >= 0.6 is 11.3 Å². The summed E-state index contributed by atoms with van der Waals surface area (Å²) in [6.45, 7) is 3.80. The molecule has 1 aliphatic heterocycles. The molecule has 1 saturated heterocycles. The van der Waals surface area contributed by atoms with Crippen molar-refractivity contribution < 1.29 is 4.74 Å². The Morgan fingerprint density at radius 2 is 2.29 bits per heavy atom. The summed E-state index contributed by atoms with van der Waals surface area (Å²) in [5.74, 6) is 0. The van der Waals surface area contributed by atoms with Crippen molar-refractivity contribution in [1.82, 2.24) is 15.2 Å². The molecule has 0 bridgehead atoms. The fraction of sp³-hybridized carbons (Fsp3) is 0.750. The van der Waals surface area contributed by atoms with Crippen molar-refractivity contribution in [3.63, 3.8) is 0 Å². The largest absolute Gasteiger partial charge is 0.372 e. The second-order valence-electron chi connectivity index (χ2n) is 4.58. The van der Waals surface area contributed by atoms with E-state index in [9.17, 15) is 0 Å². The van der Waals surface area contributed by atoms with E-state index >= 15 is 0 Å². The Morgan fingerprint density at radius 3 is 3.00 bits per heavy atom. The zero-order chi connectivity index (χ0) is 12.1. The first kappa shape index (κ1) is 13.0. The predicted octanol–water partition coefficient (Wildman–Crippen LogP) is 1.47. The molecule has 17 heavy (non-hydrogen) atoms. The van der Waals surface area contributed by atoms with Crippen LogP contribution in [0.3, 0.4) is 0 Å². The first-order chi connectivity index (χ1) is 8.28. The van der Waals surface area contributed by atoms with E-state index in [4.69, 9.17) is 4.74 Å². The molecule has 0 saturated carbocycles. The molecule has 1 aliphatic rings. The Morgan fingerprint density at radius 1 is 1.53 bits per heavy atom. The first-order valence-electron chi connectivity index (χ1n) is 6.16. The molecule has 1 aromatic rings. The van der Waals surface area contributed by atoms with Crippen molar-refractivity contribution in [3.8, 4) is 0 Å². The molecule has 1 aromatic heterocycles. The summed E-state index contributed by atoms with van der Waals surface area (Å²) in [6, 6.07) is 0. The highest BCUT2D eigenvalue weighted by Gasteiger charge is 2.17. The Labute approximate surface area is 107 Å². The summed E-state index contributed by atoms with van der Waals surface area (Å²) in [6.07, 6.45) is 2.70. The average Bonchev–Trinajstić information content (AvgIpc) is 2.77. The minimum atomic E-state index is 0.417. The molecule has 0 radical (unpaired) electrons. The topological polar surface area (TPSA) is 37.4 Å². The van der Waals surface area contributed by atoms with Crippen LogP contribution in [0.1, 0.15) is 23.5 Å². The molecule has 0 unspecified atom stereocenters. The van der Waals surface area contributed by atoms with E-state index in [1.54, 1.807) is 11.3 Å². The molecule has 2 rings (SSSR count). The number of rotatable bonds is 5. The van der Waals surface area contributed by atoms with Gasteiger partial charge >= 0.3 is 0 Å². The SMILES string of the molecule is CNCc1nc(COC2CCN(C)CC2)cs1. The number of nitrogens with one attached hydrogen (secondary N) is 1. The lowest BCUT2D eigenvalue weighted by molar-refractivity contribution is 0.000902. The van der Waals surface area contributed by atoms with Gasteiger partial charge in [-0.15, -0.1) is 11.3 Å². The molecule has 4 nitrogen and oxygen atoms in total. The van der Waals surface area contributed by atoms with Crippen LogP contribution in [0.4, 0.5) is 0 Å². The van der Waals surface area contributed by atoms with E-state index in [0.29, 0.717) is 12.7 Å². The number of ether oxygens (including phenoxy) is 1. The van der Waals surface area contributed by atoms with Crippen molar-refractivity contribution in [3.05, 3.63) is 16.1 Å². The van der Waals surface area contributed by atoms with Crippen LogP contribution < -0.4 is 5.32 Å². The van der Waals surface area contributed by atoms with Gasteiger partial charge < -0.3 is 15.0 Å². The second-order valence-corrected chi connectivity index (χ2v) is 5.52. The van der Waals surface area contributed by atoms with Gasteiger partial charge in [0.2, 0.25) is 0 Å². The van der Waals surface area contributed by atoms with Gasteiger partial charge in [-0.3, -0.25) is 0 Å². The van der Waals surface area contributed by atoms with Gasteiger partial charge in [0, 0.05) is 25.0 Å². The fourth-order valence-electron chi connectivity index (χ4n) is 2.00. The van der Waals surface area contributed by atoms with Crippen molar-refractivity contribution in [2.24, 2.45) is 0 Å². The van der Waals surface area contributed by atoms with Gasteiger partial charge in [-0.2, -0.15) is 0 Å². The molecular formula is C12H21N3OS. The van der Waals surface area contributed by atoms with Crippen LogP contribution in [-0.2, 0) is 17.9 Å². The van der Waals surface area contributed by atoms with Crippen molar-refractivity contribution in [2.45, 2.75) is 32.1 Å². The van der Waals surface area contributed by atoms with Crippen LogP contribution in [0.15, 0.2) is 5.38 Å². The minimum Gasteiger partial charge on any atom is -0.372 e. The summed E-state index contributed by atoms with van der Waals surface area (Å²) in [5, 5.41) is 6.34. The summed E-state index contributed by atoms with van der Waals surface area (Å²) in [4.78, 5) is 6.87. The van der Waals surface area contributed by atoms with Crippen LogP contribution in [-0.4, -0.2) is 43.2 Å². The molecule has 96 valence electrons. The Hall–Kier alpha value is -0.490. The number of thiazole rings is 1. The Bertz CT molecular complexity index is 334. The molecule has 0 amide bonds. The third kappa shape index (κ3) is 4.03. The van der Waals surface area contributed by atoms with Gasteiger partial charge in [0.1, 0.15) is 5.01 Å². The van der Waals surface area contributed by atoms with E-state index in [-0.39, 0.29) is 0 Å². The monoisotopic (exact) mass is 255 g/mol. The van der Waals surface area contributed by atoms with Crippen LogP contribution in [0.25, 0.3) is 0 Å². The van der Waals surface area contributed by atoms with Crippen LogP contribution in [0, 0.1) is 0 Å². The normalized spacial score (nSPS) is 18.7. The van der Waals surface area contributed by atoms with Gasteiger partial charge in [-0.05, 0) is 26.9 Å². The summed E-state index contributed by atoms with van der Waals surface area (Å²) in [7, 11) is 4.11. The quantitative estimate of drug-likeness (QED) is 0.864. The highest BCUT2D eigenvalue weighted by Crippen LogP contribution is 2.16. The number of hydrogen-bond donors (Lipinski definition) is 1. The van der Waals surface area contributed by atoms with Crippen molar-refractivity contribution in [2.75, 3.05) is 27.2 Å². The average molecular weight is 255 g/mol. The van der Waals surface area contributed by atoms with E-state index in [2.05, 4.69) is 27.6 Å². The molecule has 0 aliphatic carbocycles.